The zero-order valence-corrected chi connectivity index (χ0v) is 13.6. The summed E-state index contributed by atoms with van der Waals surface area (Å²) in [6.45, 7) is 4.29. The van der Waals surface area contributed by atoms with E-state index in [1.54, 1.807) is 0 Å². The molecule has 2 aliphatic heterocycles. The summed E-state index contributed by atoms with van der Waals surface area (Å²) in [6, 6.07) is 8.66. The fourth-order valence-corrected chi connectivity index (χ4v) is 4.09. The minimum Gasteiger partial charge on any atom is -0.361 e. The fourth-order valence-electron chi connectivity index (χ4n) is 4.09. The molecule has 0 saturated carbocycles. The molecular formula is C19H25N3O. The maximum atomic E-state index is 12.8. The summed E-state index contributed by atoms with van der Waals surface area (Å²) in [6.07, 6.45) is 8.24. The molecule has 0 aliphatic carbocycles. The summed E-state index contributed by atoms with van der Waals surface area (Å²) in [5, 5.41) is 1.11. The SMILES string of the molecule is O=C(c1ccc2[nH]ccc2c1)N1CCC(N2CCCCC2)CC1. The zero-order chi connectivity index (χ0) is 15.6. The number of benzene rings is 1. The van der Waals surface area contributed by atoms with Crippen LogP contribution in [0.4, 0.5) is 0 Å². The monoisotopic (exact) mass is 311 g/mol. The first-order valence-corrected chi connectivity index (χ1v) is 8.92. The Morgan fingerprint density at radius 2 is 1.78 bits per heavy atom. The fraction of sp³-hybridized carbons (Fsp3) is 0.526. The number of rotatable bonds is 2. The third kappa shape index (κ3) is 3.00. The molecule has 4 heteroatoms. The molecule has 0 spiro atoms. The Balaban J connectivity index is 1.40. The van der Waals surface area contributed by atoms with Crippen LogP contribution in [0, 0.1) is 0 Å². The predicted octanol–water partition coefficient (Wildman–Crippen LogP) is 3.26. The highest BCUT2D eigenvalue weighted by molar-refractivity contribution is 5.98. The van der Waals surface area contributed by atoms with Crippen LogP contribution in [0.2, 0.25) is 0 Å². The van der Waals surface area contributed by atoms with Gasteiger partial charge in [0.1, 0.15) is 0 Å². The number of hydrogen-bond acceptors (Lipinski definition) is 2. The van der Waals surface area contributed by atoms with E-state index >= 15 is 0 Å². The first-order valence-electron chi connectivity index (χ1n) is 8.92. The number of aromatic amines is 1. The Morgan fingerprint density at radius 3 is 2.57 bits per heavy atom. The van der Waals surface area contributed by atoms with Crippen molar-refractivity contribution in [3.05, 3.63) is 36.0 Å². The highest BCUT2D eigenvalue weighted by atomic mass is 16.2. The van der Waals surface area contributed by atoms with Crippen LogP contribution in [-0.4, -0.2) is 52.9 Å². The van der Waals surface area contributed by atoms with Gasteiger partial charge in [-0.05, 0) is 63.0 Å². The van der Waals surface area contributed by atoms with Crippen LogP contribution in [-0.2, 0) is 0 Å². The standard InChI is InChI=1S/C19H25N3O/c23-19(16-4-5-18-15(14-16)6-9-20-18)22-12-7-17(8-13-22)21-10-2-1-3-11-21/h4-6,9,14,17,20H,1-3,7-8,10-13H2. The van der Waals surface area contributed by atoms with Gasteiger partial charge in [-0.3, -0.25) is 4.79 Å². The van der Waals surface area contributed by atoms with Gasteiger partial charge in [-0.25, -0.2) is 0 Å². The second-order valence-corrected chi connectivity index (χ2v) is 6.90. The van der Waals surface area contributed by atoms with E-state index in [2.05, 4.69) is 9.88 Å². The number of aromatic nitrogens is 1. The number of carbonyl (C=O) groups is 1. The van der Waals surface area contributed by atoms with Gasteiger partial charge in [0.25, 0.3) is 5.91 Å². The molecule has 0 atom stereocenters. The molecule has 2 fully saturated rings. The van der Waals surface area contributed by atoms with E-state index in [9.17, 15) is 4.79 Å². The van der Waals surface area contributed by atoms with E-state index in [1.807, 2.05) is 35.4 Å². The van der Waals surface area contributed by atoms with Crippen LogP contribution in [0.1, 0.15) is 42.5 Å². The molecule has 23 heavy (non-hydrogen) atoms. The molecule has 1 N–H and O–H groups in total. The molecule has 4 rings (SSSR count). The van der Waals surface area contributed by atoms with Gasteiger partial charge in [0.2, 0.25) is 0 Å². The number of nitrogens with zero attached hydrogens (tertiary/aromatic N) is 2. The first kappa shape index (κ1) is 14.8. The van der Waals surface area contributed by atoms with Crippen LogP contribution >= 0.6 is 0 Å². The lowest BCUT2D eigenvalue weighted by atomic mass is 9.99. The summed E-state index contributed by atoms with van der Waals surface area (Å²) in [4.78, 5) is 20.6. The van der Waals surface area contributed by atoms with Crippen molar-refractivity contribution in [1.29, 1.82) is 0 Å². The number of likely N-dealkylation sites (tertiary alicyclic amines) is 2. The van der Waals surface area contributed by atoms with Crippen molar-refractivity contribution in [3.63, 3.8) is 0 Å². The molecule has 2 saturated heterocycles. The van der Waals surface area contributed by atoms with Gasteiger partial charge in [0.15, 0.2) is 0 Å². The number of amides is 1. The van der Waals surface area contributed by atoms with E-state index < -0.39 is 0 Å². The predicted molar refractivity (Wildman–Crippen MR) is 92.6 cm³/mol. The molecule has 3 heterocycles. The molecule has 0 radical (unpaired) electrons. The van der Waals surface area contributed by atoms with E-state index in [-0.39, 0.29) is 5.91 Å². The Labute approximate surface area is 137 Å². The molecule has 2 aromatic rings. The van der Waals surface area contributed by atoms with Crippen molar-refractivity contribution in [2.24, 2.45) is 0 Å². The molecule has 1 aromatic heterocycles. The molecule has 122 valence electrons. The maximum absolute atomic E-state index is 12.8. The molecule has 1 amide bonds. The minimum absolute atomic E-state index is 0.185. The molecular weight excluding hydrogens is 286 g/mol. The van der Waals surface area contributed by atoms with Crippen molar-refractivity contribution in [3.8, 4) is 0 Å². The van der Waals surface area contributed by atoms with Gasteiger partial charge in [0, 0.05) is 41.8 Å². The Morgan fingerprint density at radius 1 is 1.00 bits per heavy atom. The normalized spacial score (nSPS) is 21.0. The molecule has 2 aliphatic rings. The third-order valence-electron chi connectivity index (χ3n) is 5.46. The smallest absolute Gasteiger partial charge is 0.253 e. The summed E-state index contributed by atoms with van der Waals surface area (Å²) < 4.78 is 0. The van der Waals surface area contributed by atoms with Gasteiger partial charge < -0.3 is 14.8 Å². The lowest BCUT2D eigenvalue weighted by molar-refractivity contribution is 0.0590. The van der Waals surface area contributed by atoms with Gasteiger partial charge in [-0.2, -0.15) is 0 Å². The largest absolute Gasteiger partial charge is 0.361 e. The van der Waals surface area contributed by atoms with Crippen molar-refractivity contribution in [2.75, 3.05) is 26.2 Å². The second kappa shape index (κ2) is 6.36. The molecule has 0 bridgehead atoms. The highest BCUT2D eigenvalue weighted by Crippen LogP contribution is 2.23. The second-order valence-electron chi connectivity index (χ2n) is 6.90. The highest BCUT2D eigenvalue weighted by Gasteiger charge is 2.28. The summed E-state index contributed by atoms with van der Waals surface area (Å²) >= 11 is 0. The summed E-state index contributed by atoms with van der Waals surface area (Å²) in [5.74, 6) is 0.185. The van der Waals surface area contributed by atoms with Gasteiger partial charge in [-0.15, -0.1) is 0 Å². The quantitative estimate of drug-likeness (QED) is 0.924. The number of fused-ring (bicyclic) bond motifs is 1. The summed E-state index contributed by atoms with van der Waals surface area (Å²) in [5.41, 5.74) is 1.90. The van der Waals surface area contributed by atoms with E-state index in [0.29, 0.717) is 6.04 Å². The first-order chi connectivity index (χ1) is 11.3. The Kier molecular flexibility index (Phi) is 4.08. The number of carbonyl (C=O) groups excluding carboxylic acids is 1. The minimum atomic E-state index is 0.185. The average Bonchev–Trinajstić information content (AvgIpc) is 3.10. The van der Waals surface area contributed by atoms with Crippen LogP contribution < -0.4 is 0 Å². The zero-order valence-electron chi connectivity index (χ0n) is 13.6. The number of H-pyrrole nitrogens is 1. The lowest BCUT2D eigenvalue weighted by Gasteiger charge is -2.40. The maximum Gasteiger partial charge on any atom is 0.253 e. The Hall–Kier alpha value is -1.81. The van der Waals surface area contributed by atoms with Gasteiger partial charge in [-0.1, -0.05) is 6.42 Å². The van der Waals surface area contributed by atoms with Crippen molar-refractivity contribution < 1.29 is 4.79 Å². The van der Waals surface area contributed by atoms with Crippen LogP contribution in [0.15, 0.2) is 30.5 Å². The van der Waals surface area contributed by atoms with E-state index in [0.717, 1.165) is 42.4 Å². The molecule has 4 nitrogen and oxygen atoms in total. The van der Waals surface area contributed by atoms with Crippen molar-refractivity contribution >= 4 is 16.8 Å². The van der Waals surface area contributed by atoms with Gasteiger partial charge >= 0.3 is 0 Å². The van der Waals surface area contributed by atoms with Gasteiger partial charge in [0.05, 0.1) is 0 Å². The van der Waals surface area contributed by atoms with E-state index in [4.69, 9.17) is 0 Å². The third-order valence-corrected chi connectivity index (χ3v) is 5.46. The van der Waals surface area contributed by atoms with Crippen LogP contribution in [0.5, 0.6) is 0 Å². The molecule has 1 aromatic carbocycles. The van der Waals surface area contributed by atoms with E-state index in [1.165, 1.54) is 32.4 Å². The topological polar surface area (TPSA) is 39.3 Å². The average molecular weight is 311 g/mol. The molecule has 0 unspecified atom stereocenters. The lowest BCUT2D eigenvalue weighted by Crippen LogP contribution is -2.48. The number of nitrogens with one attached hydrogen (secondary N) is 1. The number of hydrogen-bond donors (Lipinski definition) is 1. The van der Waals surface area contributed by atoms with Crippen LogP contribution in [0.3, 0.4) is 0 Å². The van der Waals surface area contributed by atoms with Crippen LogP contribution in [0.25, 0.3) is 10.9 Å². The summed E-state index contributed by atoms with van der Waals surface area (Å²) in [7, 11) is 0. The Bertz CT molecular complexity index is 679. The van der Waals surface area contributed by atoms with Crippen molar-refractivity contribution in [2.45, 2.75) is 38.1 Å². The van der Waals surface area contributed by atoms with Crippen molar-refractivity contribution in [1.82, 2.24) is 14.8 Å². The number of piperidine rings is 2.